The quantitative estimate of drug-likeness (QED) is 0.861. The largest absolute Gasteiger partial charge is 0.573 e. The van der Waals surface area contributed by atoms with Crippen molar-refractivity contribution in [3.05, 3.63) is 18.2 Å². The van der Waals surface area contributed by atoms with Gasteiger partial charge in [0.2, 0.25) is 10.0 Å². The van der Waals surface area contributed by atoms with Crippen molar-refractivity contribution in [1.82, 2.24) is 0 Å². The summed E-state index contributed by atoms with van der Waals surface area (Å²) in [5.41, 5.74) is 0. The third kappa shape index (κ3) is 4.87. The average Bonchev–Trinajstić information content (AvgIpc) is 2.11. The SMILES string of the molecule is NS(=O)(=O)c1ccc(OC(F)F)cc1OC(F)(F)F. The lowest BCUT2D eigenvalue weighted by Crippen LogP contribution is -2.21. The first-order valence-corrected chi connectivity index (χ1v) is 5.91. The number of benzene rings is 1. The van der Waals surface area contributed by atoms with Crippen LogP contribution >= 0.6 is 0 Å². The number of ether oxygens (including phenoxy) is 2. The Morgan fingerprint density at radius 3 is 2.21 bits per heavy atom. The molecule has 0 amide bonds. The zero-order valence-electron chi connectivity index (χ0n) is 8.82. The first-order chi connectivity index (χ1) is 8.49. The molecule has 5 nitrogen and oxygen atoms in total. The predicted molar refractivity (Wildman–Crippen MR) is 51.1 cm³/mol. The summed E-state index contributed by atoms with van der Waals surface area (Å²) in [6.45, 7) is -3.29. The molecule has 0 fully saturated rings. The number of sulfonamides is 1. The molecule has 0 unspecified atom stereocenters. The Kier molecular flexibility index (Phi) is 4.20. The van der Waals surface area contributed by atoms with E-state index in [1.165, 1.54) is 0 Å². The van der Waals surface area contributed by atoms with Gasteiger partial charge in [0.25, 0.3) is 0 Å². The summed E-state index contributed by atoms with van der Waals surface area (Å²) >= 11 is 0. The monoisotopic (exact) mass is 307 g/mol. The smallest absolute Gasteiger partial charge is 0.435 e. The molecule has 0 bridgehead atoms. The van der Waals surface area contributed by atoms with E-state index in [1.807, 2.05) is 0 Å². The first kappa shape index (κ1) is 15.4. The van der Waals surface area contributed by atoms with Gasteiger partial charge in [-0.2, -0.15) is 8.78 Å². The van der Waals surface area contributed by atoms with Crippen LogP contribution in [0.1, 0.15) is 0 Å². The summed E-state index contributed by atoms with van der Waals surface area (Å²) < 4.78 is 89.2. The van der Waals surface area contributed by atoms with Crippen LogP contribution in [0.15, 0.2) is 23.1 Å². The summed E-state index contributed by atoms with van der Waals surface area (Å²) in [4.78, 5) is -1.01. The molecule has 0 heterocycles. The maximum atomic E-state index is 12.1. The van der Waals surface area contributed by atoms with Gasteiger partial charge in [-0.25, -0.2) is 13.6 Å². The van der Waals surface area contributed by atoms with E-state index >= 15 is 0 Å². The van der Waals surface area contributed by atoms with E-state index in [4.69, 9.17) is 0 Å². The minimum Gasteiger partial charge on any atom is -0.435 e. The molecule has 0 aliphatic heterocycles. The van der Waals surface area contributed by atoms with Crippen molar-refractivity contribution < 1.29 is 39.8 Å². The second-order valence-corrected chi connectivity index (χ2v) is 4.61. The molecule has 1 aromatic rings. The van der Waals surface area contributed by atoms with Gasteiger partial charge in [0.15, 0.2) is 5.75 Å². The molecule has 1 rings (SSSR count). The van der Waals surface area contributed by atoms with E-state index in [0.717, 1.165) is 6.07 Å². The highest BCUT2D eigenvalue weighted by Gasteiger charge is 2.34. The number of hydrogen-bond donors (Lipinski definition) is 1. The Hall–Kier alpha value is -1.62. The highest BCUT2D eigenvalue weighted by atomic mass is 32.2. The van der Waals surface area contributed by atoms with Crippen LogP contribution in [0.4, 0.5) is 22.0 Å². The number of primary sulfonamides is 1. The third-order valence-corrected chi connectivity index (χ3v) is 2.62. The van der Waals surface area contributed by atoms with Crippen LogP contribution in [-0.4, -0.2) is 21.4 Å². The highest BCUT2D eigenvalue weighted by molar-refractivity contribution is 7.89. The minimum atomic E-state index is -5.22. The molecule has 0 saturated heterocycles. The summed E-state index contributed by atoms with van der Waals surface area (Å²) in [5, 5.41) is 4.66. The van der Waals surface area contributed by atoms with Crippen LogP contribution in [0, 0.1) is 0 Å². The maximum absolute atomic E-state index is 12.1. The van der Waals surface area contributed by atoms with E-state index in [0.29, 0.717) is 12.1 Å². The molecule has 0 saturated carbocycles. The molecular formula is C8H6F5NO4S. The second-order valence-electron chi connectivity index (χ2n) is 3.08. The predicted octanol–water partition coefficient (Wildman–Crippen LogP) is 1.83. The molecule has 0 aromatic heterocycles. The third-order valence-electron chi connectivity index (χ3n) is 1.67. The molecular weight excluding hydrogens is 301 g/mol. The number of nitrogens with two attached hydrogens (primary N) is 1. The van der Waals surface area contributed by atoms with E-state index in [1.54, 1.807) is 0 Å². The van der Waals surface area contributed by atoms with Crippen LogP contribution in [0.25, 0.3) is 0 Å². The van der Waals surface area contributed by atoms with Crippen LogP contribution in [-0.2, 0) is 10.0 Å². The van der Waals surface area contributed by atoms with Crippen molar-refractivity contribution in [2.24, 2.45) is 5.14 Å². The summed E-state index contributed by atoms with van der Waals surface area (Å²) in [6.07, 6.45) is -5.22. The van der Waals surface area contributed by atoms with Gasteiger partial charge in [-0.15, -0.1) is 13.2 Å². The van der Waals surface area contributed by atoms with Crippen LogP contribution in [0.5, 0.6) is 11.5 Å². The number of alkyl halides is 5. The second kappa shape index (κ2) is 5.17. The lowest BCUT2D eigenvalue weighted by Gasteiger charge is -2.13. The average molecular weight is 307 g/mol. The van der Waals surface area contributed by atoms with Gasteiger partial charge in [0, 0.05) is 6.07 Å². The molecule has 11 heteroatoms. The molecule has 19 heavy (non-hydrogen) atoms. The molecule has 0 aliphatic rings. The lowest BCUT2D eigenvalue weighted by atomic mass is 10.3. The van der Waals surface area contributed by atoms with Gasteiger partial charge in [0.1, 0.15) is 10.6 Å². The highest BCUT2D eigenvalue weighted by Crippen LogP contribution is 2.32. The van der Waals surface area contributed by atoms with Gasteiger partial charge < -0.3 is 9.47 Å². The summed E-state index contributed by atoms with van der Waals surface area (Å²) in [7, 11) is -4.52. The van der Waals surface area contributed by atoms with E-state index < -0.39 is 39.4 Å². The van der Waals surface area contributed by atoms with E-state index in [2.05, 4.69) is 14.6 Å². The van der Waals surface area contributed by atoms with Crippen molar-refractivity contribution in [1.29, 1.82) is 0 Å². The van der Waals surface area contributed by atoms with Crippen LogP contribution < -0.4 is 14.6 Å². The molecule has 0 radical (unpaired) electrons. The minimum absolute atomic E-state index is 0.347. The Labute approximate surface area is 103 Å². The lowest BCUT2D eigenvalue weighted by molar-refractivity contribution is -0.275. The Morgan fingerprint density at radius 1 is 1.21 bits per heavy atom. The molecule has 0 spiro atoms. The van der Waals surface area contributed by atoms with Crippen LogP contribution in [0.3, 0.4) is 0 Å². The Bertz CT molecular complexity index is 557. The Balaban J connectivity index is 3.27. The van der Waals surface area contributed by atoms with Crippen molar-refractivity contribution in [2.45, 2.75) is 17.9 Å². The molecule has 108 valence electrons. The van der Waals surface area contributed by atoms with E-state index in [-0.39, 0.29) is 0 Å². The van der Waals surface area contributed by atoms with Crippen LogP contribution in [0.2, 0.25) is 0 Å². The fourth-order valence-electron chi connectivity index (χ4n) is 1.10. The van der Waals surface area contributed by atoms with Gasteiger partial charge in [-0.1, -0.05) is 0 Å². The summed E-state index contributed by atoms with van der Waals surface area (Å²) in [5.74, 6) is -1.96. The molecule has 0 atom stereocenters. The zero-order valence-corrected chi connectivity index (χ0v) is 9.63. The molecule has 0 aliphatic carbocycles. The topological polar surface area (TPSA) is 78.6 Å². The number of hydrogen-bond acceptors (Lipinski definition) is 4. The fourth-order valence-corrected chi connectivity index (χ4v) is 1.74. The zero-order chi connectivity index (χ0) is 14.8. The Morgan fingerprint density at radius 2 is 1.79 bits per heavy atom. The van der Waals surface area contributed by atoms with Gasteiger partial charge in [-0.3, -0.25) is 0 Å². The van der Waals surface area contributed by atoms with Gasteiger partial charge in [-0.05, 0) is 12.1 Å². The van der Waals surface area contributed by atoms with Gasteiger partial charge >= 0.3 is 13.0 Å². The summed E-state index contributed by atoms with van der Waals surface area (Å²) in [6, 6.07) is 1.63. The normalized spacial score (nSPS) is 12.6. The van der Waals surface area contributed by atoms with Crippen molar-refractivity contribution in [2.75, 3.05) is 0 Å². The molecule has 1 aromatic carbocycles. The molecule has 2 N–H and O–H groups in total. The van der Waals surface area contributed by atoms with Gasteiger partial charge in [0.05, 0.1) is 0 Å². The number of halogens is 5. The first-order valence-electron chi connectivity index (χ1n) is 4.36. The van der Waals surface area contributed by atoms with Crippen molar-refractivity contribution in [3.63, 3.8) is 0 Å². The maximum Gasteiger partial charge on any atom is 0.573 e. The number of rotatable bonds is 4. The van der Waals surface area contributed by atoms with Crippen molar-refractivity contribution in [3.8, 4) is 11.5 Å². The fraction of sp³-hybridized carbons (Fsp3) is 0.250. The standard InChI is InChI=1S/C8H6F5NO4S/c9-7(10)17-4-1-2-6(19(14,15)16)5(3-4)18-8(11,12)13/h1-3,7H,(H2,14,15,16). The van der Waals surface area contributed by atoms with Crippen molar-refractivity contribution >= 4 is 10.0 Å². The van der Waals surface area contributed by atoms with E-state index in [9.17, 15) is 30.4 Å².